The largest absolute Gasteiger partial charge is 0.496 e. The molecule has 1 aromatic carbocycles. The van der Waals surface area contributed by atoms with Gasteiger partial charge in [-0.25, -0.2) is 0 Å². The minimum absolute atomic E-state index is 0.174. The first-order valence-corrected chi connectivity index (χ1v) is 9.53. The maximum atomic E-state index is 12.6. The summed E-state index contributed by atoms with van der Waals surface area (Å²) in [7, 11) is 3.37. The monoisotopic (exact) mass is 361 g/mol. The Labute approximate surface area is 154 Å². The molecule has 0 unspecified atom stereocenters. The van der Waals surface area contributed by atoms with Gasteiger partial charge in [0, 0.05) is 41.9 Å². The van der Waals surface area contributed by atoms with E-state index in [0.717, 1.165) is 40.6 Å². The van der Waals surface area contributed by atoms with E-state index >= 15 is 0 Å². The number of carbonyl (C=O) groups excluding carboxylic acids is 1. The van der Waals surface area contributed by atoms with Gasteiger partial charge >= 0.3 is 0 Å². The van der Waals surface area contributed by atoms with E-state index in [4.69, 9.17) is 9.47 Å². The average Bonchev–Trinajstić information content (AvgIpc) is 2.87. The maximum absolute atomic E-state index is 12.6. The van der Waals surface area contributed by atoms with Gasteiger partial charge < -0.3 is 14.0 Å². The van der Waals surface area contributed by atoms with Crippen LogP contribution < -0.4 is 4.74 Å². The molecule has 4 nitrogen and oxygen atoms in total. The van der Waals surface area contributed by atoms with Crippen molar-refractivity contribution in [3.8, 4) is 5.75 Å². The van der Waals surface area contributed by atoms with Crippen LogP contribution in [0.15, 0.2) is 24.3 Å². The summed E-state index contributed by atoms with van der Waals surface area (Å²) >= 11 is 1.63. The first-order valence-electron chi connectivity index (χ1n) is 8.38. The van der Waals surface area contributed by atoms with Gasteiger partial charge in [0.1, 0.15) is 5.75 Å². The van der Waals surface area contributed by atoms with Crippen molar-refractivity contribution in [2.75, 3.05) is 26.6 Å². The van der Waals surface area contributed by atoms with Crippen LogP contribution in [0, 0.1) is 20.8 Å². The highest BCUT2D eigenvalue weighted by molar-refractivity contribution is 7.99. The molecular weight excluding hydrogens is 334 g/mol. The molecule has 0 aliphatic heterocycles. The van der Waals surface area contributed by atoms with Gasteiger partial charge in [0.2, 0.25) is 0 Å². The summed E-state index contributed by atoms with van der Waals surface area (Å²) in [6.07, 6.45) is 0. The summed E-state index contributed by atoms with van der Waals surface area (Å²) in [5.74, 6) is 2.28. The maximum Gasteiger partial charge on any atom is 0.174 e. The molecule has 0 aliphatic rings. The standard InChI is InChI=1S/C20H27NO3S/c1-14-6-7-20(24-5)17(10-14)12-25-13-19(22)18-11-15(2)21(16(18)3)8-9-23-4/h6-7,10-11H,8-9,12-13H2,1-5H3. The molecule has 0 fully saturated rings. The van der Waals surface area contributed by atoms with Crippen molar-refractivity contribution in [3.63, 3.8) is 0 Å². The van der Waals surface area contributed by atoms with Gasteiger partial charge in [0.05, 0.1) is 19.5 Å². The number of rotatable bonds is 9. The predicted octanol–water partition coefficient (Wildman–Crippen LogP) is 4.18. The van der Waals surface area contributed by atoms with E-state index in [1.807, 2.05) is 32.0 Å². The van der Waals surface area contributed by atoms with Crippen molar-refractivity contribution in [2.45, 2.75) is 33.1 Å². The molecule has 0 saturated carbocycles. The Bertz CT molecular complexity index is 737. The number of benzene rings is 1. The molecule has 0 spiro atoms. The van der Waals surface area contributed by atoms with E-state index in [9.17, 15) is 4.79 Å². The highest BCUT2D eigenvalue weighted by Gasteiger charge is 2.16. The summed E-state index contributed by atoms with van der Waals surface area (Å²) < 4.78 is 12.7. The van der Waals surface area contributed by atoms with Crippen LogP contribution in [0.25, 0.3) is 0 Å². The Morgan fingerprint density at radius 2 is 1.92 bits per heavy atom. The number of nitrogens with zero attached hydrogens (tertiary/aromatic N) is 1. The minimum atomic E-state index is 0.174. The molecule has 0 aliphatic carbocycles. The van der Waals surface area contributed by atoms with Gasteiger partial charge in [-0.15, -0.1) is 11.8 Å². The van der Waals surface area contributed by atoms with Crippen molar-refractivity contribution in [2.24, 2.45) is 0 Å². The zero-order chi connectivity index (χ0) is 18.4. The molecule has 0 saturated heterocycles. The number of hydrogen-bond donors (Lipinski definition) is 0. The lowest BCUT2D eigenvalue weighted by Gasteiger charge is -2.10. The van der Waals surface area contributed by atoms with Gasteiger partial charge in [-0.1, -0.05) is 17.7 Å². The molecule has 1 heterocycles. The van der Waals surface area contributed by atoms with Crippen molar-refractivity contribution < 1.29 is 14.3 Å². The molecule has 0 N–H and O–H groups in total. The third kappa shape index (κ3) is 4.89. The smallest absolute Gasteiger partial charge is 0.174 e. The predicted molar refractivity (Wildman–Crippen MR) is 104 cm³/mol. The normalized spacial score (nSPS) is 10.9. The Morgan fingerprint density at radius 1 is 1.16 bits per heavy atom. The van der Waals surface area contributed by atoms with Crippen molar-refractivity contribution >= 4 is 17.5 Å². The second-order valence-electron chi connectivity index (χ2n) is 6.16. The van der Waals surface area contributed by atoms with Crippen LogP contribution in [0.4, 0.5) is 0 Å². The lowest BCUT2D eigenvalue weighted by atomic mass is 10.1. The molecule has 1 aromatic heterocycles. The number of aromatic nitrogens is 1. The number of Topliss-reactive ketones (excluding diaryl/α,β-unsaturated/α-hetero) is 1. The lowest BCUT2D eigenvalue weighted by molar-refractivity contribution is 0.102. The second kappa shape index (κ2) is 9.11. The molecule has 5 heteroatoms. The SMILES string of the molecule is COCCn1c(C)cc(C(=O)CSCc2cc(C)ccc2OC)c1C. The third-order valence-corrected chi connectivity index (χ3v) is 5.30. The van der Waals surface area contributed by atoms with E-state index in [1.165, 1.54) is 5.56 Å². The van der Waals surface area contributed by atoms with Gasteiger partial charge in [-0.2, -0.15) is 0 Å². The summed E-state index contributed by atoms with van der Waals surface area (Å²) in [5, 5.41) is 0. The van der Waals surface area contributed by atoms with E-state index < -0.39 is 0 Å². The number of thioether (sulfide) groups is 1. The lowest BCUT2D eigenvalue weighted by Crippen LogP contribution is -2.09. The zero-order valence-electron chi connectivity index (χ0n) is 15.7. The molecule has 0 radical (unpaired) electrons. The van der Waals surface area contributed by atoms with E-state index in [0.29, 0.717) is 12.4 Å². The summed E-state index contributed by atoms with van der Waals surface area (Å²) in [6, 6.07) is 8.12. The van der Waals surface area contributed by atoms with Crippen molar-refractivity contribution in [1.82, 2.24) is 4.57 Å². The molecule has 2 rings (SSSR count). The van der Waals surface area contributed by atoms with Crippen molar-refractivity contribution in [1.29, 1.82) is 0 Å². The Balaban J connectivity index is 2.00. The van der Waals surface area contributed by atoms with Crippen LogP contribution in [-0.4, -0.2) is 36.9 Å². The number of ketones is 1. The second-order valence-corrected chi connectivity index (χ2v) is 7.15. The molecular formula is C20H27NO3S. The molecule has 25 heavy (non-hydrogen) atoms. The molecule has 0 bridgehead atoms. The van der Waals surface area contributed by atoms with Crippen LogP contribution in [0.5, 0.6) is 5.75 Å². The summed E-state index contributed by atoms with van der Waals surface area (Å²) in [6.45, 7) is 7.52. The van der Waals surface area contributed by atoms with Crippen LogP contribution in [0.1, 0.15) is 32.9 Å². The fraction of sp³-hybridized carbons (Fsp3) is 0.450. The minimum Gasteiger partial charge on any atom is -0.496 e. The van der Waals surface area contributed by atoms with Crippen LogP contribution >= 0.6 is 11.8 Å². The van der Waals surface area contributed by atoms with E-state index in [2.05, 4.69) is 17.6 Å². The summed E-state index contributed by atoms with van der Waals surface area (Å²) in [4.78, 5) is 12.6. The Morgan fingerprint density at radius 3 is 2.60 bits per heavy atom. The number of methoxy groups -OCH3 is 2. The number of ether oxygens (including phenoxy) is 2. The average molecular weight is 362 g/mol. The number of aryl methyl sites for hydroxylation is 2. The quantitative estimate of drug-likeness (QED) is 0.628. The van der Waals surface area contributed by atoms with Gasteiger partial charge in [-0.3, -0.25) is 4.79 Å². The van der Waals surface area contributed by atoms with Gasteiger partial charge in [0.25, 0.3) is 0 Å². The van der Waals surface area contributed by atoms with E-state index in [-0.39, 0.29) is 5.78 Å². The van der Waals surface area contributed by atoms with Crippen LogP contribution in [-0.2, 0) is 17.0 Å². The number of carbonyl (C=O) groups is 1. The molecule has 2 aromatic rings. The third-order valence-electron chi connectivity index (χ3n) is 4.32. The molecule has 0 amide bonds. The van der Waals surface area contributed by atoms with E-state index in [1.54, 1.807) is 26.0 Å². The Hall–Kier alpha value is -1.72. The fourth-order valence-corrected chi connectivity index (χ4v) is 3.85. The number of hydrogen-bond acceptors (Lipinski definition) is 4. The first-order chi connectivity index (χ1) is 12.0. The van der Waals surface area contributed by atoms with Crippen LogP contribution in [0.3, 0.4) is 0 Å². The van der Waals surface area contributed by atoms with Crippen molar-refractivity contribution in [3.05, 3.63) is 52.3 Å². The topological polar surface area (TPSA) is 40.5 Å². The summed E-state index contributed by atoms with van der Waals surface area (Å²) in [5.41, 5.74) is 5.27. The fourth-order valence-electron chi connectivity index (χ4n) is 2.96. The highest BCUT2D eigenvalue weighted by atomic mass is 32.2. The first kappa shape index (κ1) is 19.6. The molecule has 0 atom stereocenters. The Kier molecular flexibility index (Phi) is 7.14. The zero-order valence-corrected chi connectivity index (χ0v) is 16.5. The highest BCUT2D eigenvalue weighted by Crippen LogP contribution is 2.25. The molecule has 136 valence electrons. The van der Waals surface area contributed by atoms with Gasteiger partial charge in [0.15, 0.2) is 5.78 Å². The van der Waals surface area contributed by atoms with Gasteiger partial charge in [-0.05, 0) is 32.9 Å². The van der Waals surface area contributed by atoms with Crippen LogP contribution in [0.2, 0.25) is 0 Å².